The molecule has 0 spiro atoms. The van der Waals surface area contributed by atoms with E-state index in [9.17, 15) is 0 Å². The first-order valence-electron chi connectivity index (χ1n) is 18.2. The van der Waals surface area contributed by atoms with E-state index in [1.165, 1.54) is 0 Å². The fraction of sp³-hybridized carbons (Fsp3) is 0.0816. The third-order valence-electron chi connectivity index (χ3n) is 9.88. The normalized spacial score (nSPS) is 11.6. The number of aromatic nitrogens is 5. The first kappa shape index (κ1) is 33.0. The summed E-state index contributed by atoms with van der Waals surface area (Å²) >= 11 is 0. The Balaban J connectivity index is 1.14. The fourth-order valence-electron chi connectivity index (χ4n) is 6.96. The van der Waals surface area contributed by atoms with Gasteiger partial charge < -0.3 is 0 Å². The zero-order chi connectivity index (χ0) is 36.6. The van der Waals surface area contributed by atoms with Gasteiger partial charge in [-0.1, -0.05) is 142 Å². The summed E-state index contributed by atoms with van der Waals surface area (Å²) < 4.78 is 0. The van der Waals surface area contributed by atoms with Crippen LogP contribution in [0.3, 0.4) is 0 Å². The van der Waals surface area contributed by atoms with Crippen molar-refractivity contribution in [3.8, 4) is 67.4 Å². The van der Waals surface area contributed by atoms with Crippen molar-refractivity contribution in [2.75, 3.05) is 0 Å². The average Bonchev–Trinajstić information content (AvgIpc) is 3.23. The van der Waals surface area contributed by atoms with Gasteiger partial charge in [0.25, 0.3) is 0 Å². The van der Waals surface area contributed by atoms with E-state index < -0.39 is 0 Å². The van der Waals surface area contributed by atoms with E-state index in [1.54, 1.807) is 12.4 Å². The molecule has 0 saturated carbocycles. The summed E-state index contributed by atoms with van der Waals surface area (Å²) in [5, 5.41) is 2.16. The van der Waals surface area contributed by atoms with Crippen molar-refractivity contribution in [2.24, 2.45) is 0 Å². The van der Waals surface area contributed by atoms with Crippen LogP contribution in [0.4, 0.5) is 0 Å². The lowest BCUT2D eigenvalue weighted by atomic mass is 9.90. The molecule has 258 valence electrons. The van der Waals surface area contributed by atoms with Crippen molar-refractivity contribution >= 4 is 21.8 Å². The van der Waals surface area contributed by atoms with E-state index in [4.69, 9.17) is 19.9 Å². The van der Waals surface area contributed by atoms with Crippen LogP contribution in [0.15, 0.2) is 170 Å². The molecule has 0 saturated heterocycles. The summed E-state index contributed by atoms with van der Waals surface area (Å²) in [5.41, 5.74) is 14.0. The Morgan fingerprint density at radius 2 is 1.00 bits per heavy atom. The van der Waals surface area contributed by atoms with E-state index in [1.807, 2.05) is 36.4 Å². The molecule has 9 rings (SSSR count). The maximum absolute atomic E-state index is 5.28. The van der Waals surface area contributed by atoms with Gasteiger partial charge in [0.2, 0.25) is 0 Å². The van der Waals surface area contributed by atoms with Gasteiger partial charge in [0.1, 0.15) is 0 Å². The highest BCUT2D eigenvalue weighted by molar-refractivity contribution is 6.09. The Kier molecular flexibility index (Phi) is 8.32. The number of hydrogen-bond acceptors (Lipinski definition) is 5. The molecule has 0 fully saturated rings. The van der Waals surface area contributed by atoms with Crippen molar-refractivity contribution < 1.29 is 0 Å². The Morgan fingerprint density at radius 3 is 1.67 bits per heavy atom. The van der Waals surface area contributed by atoms with Gasteiger partial charge in [-0.15, -0.1) is 0 Å². The molecule has 0 N–H and O–H groups in total. The summed E-state index contributed by atoms with van der Waals surface area (Å²) in [6.45, 7) is 6.61. The van der Waals surface area contributed by atoms with Crippen molar-refractivity contribution in [2.45, 2.75) is 26.2 Å². The van der Waals surface area contributed by atoms with Crippen molar-refractivity contribution in [1.82, 2.24) is 24.9 Å². The van der Waals surface area contributed by atoms with Crippen molar-refractivity contribution in [3.63, 3.8) is 0 Å². The molecule has 5 nitrogen and oxygen atoms in total. The quantitative estimate of drug-likeness (QED) is 0.162. The highest BCUT2D eigenvalue weighted by Crippen LogP contribution is 2.38. The fourth-order valence-corrected chi connectivity index (χ4v) is 6.96. The van der Waals surface area contributed by atoms with Crippen LogP contribution in [0.2, 0.25) is 0 Å². The standard InChI is InChI=1S/C49H37N5/c1-49(2,3)45-26-24-36-23-25-40-41(29-42(33-12-6-4-7-13-33)51-47(40)46(36)54-45)38-17-10-16-37(28-38)32-19-21-35(22-20-32)44-30-43(34-14-8-5-9-15-34)52-48(53-44)39-18-11-27-50-31-39/h4-31H,1-3H3. The predicted octanol–water partition coefficient (Wildman–Crippen LogP) is 12.3. The number of fused-ring (bicyclic) bond motifs is 3. The molecule has 0 aliphatic heterocycles. The van der Waals surface area contributed by atoms with Crippen LogP contribution >= 0.6 is 0 Å². The second-order valence-corrected chi connectivity index (χ2v) is 14.6. The molecule has 0 aliphatic carbocycles. The summed E-state index contributed by atoms with van der Waals surface area (Å²) in [6, 6.07) is 54.9. The van der Waals surface area contributed by atoms with E-state index in [2.05, 4.69) is 147 Å². The Hall–Kier alpha value is -6.85. The number of rotatable bonds is 6. The molecule has 0 atom stereocenters. The zero-order valence-corrected chi connectivity index (χ0v) is 30.4. The molecular formula is C49H37N5. The number of nitrogens with zero attached hydrogens (tertiary/aromatic N) is 5. The molecule has 4 heterocycles. The molecule has 5 heteroatoms. The number of benzene rings is 5. The third kappa shape index (κ3) is 6.41. The third-order valence-corrected chi connectivity index (χ3v) is 9.88. The van der Waals surface area contributed by atoms with Crippen LogP contribution in [0, 0.1) is 0 Å². The van der Waals surface area contributed by atoms with Crippen molar-refractivity contribution in [1.29, 1.82) is 0 Å². The lowest BCUT2D eigenvalue weighted by Gasteiger charge is -2.19. The smallest absolute Gasteiger partial charge is 0.161 e. The van der Waals surface area contributed by atoms with Crippen LogP contribution in [0.5, 0.6) is 0 Å². The van der Waals surface area contributed by atoms with Crippen LogP contribution in [0.1, 0.15) is 26.5 Å². The van der Waals surface area contributed by atoms with Gasteiger partial charge in [0.15, 0.2) is 5.82 Å². The lowest BCUT2D eigenvalue weighted by molar-refractivity contribution is 0.571. The Bertz CT molecular complexity index is 2720. The minimum absolute atomic E-state index is 0.0839. The van der Waals surface area contributed by atoms with Crippen LogP contribution in [0.25, 0.3) is 89.2 Å². The topological polar surface area (TPSA) is 64.5 Å². The maximum atomic E-state index is 5.28. The molecule has 0 radical (unpaired) electrons. The second kappa shape index (κ2) is 13.6. The highest BCUT2D eigenvalue weighted by Gasteiger charge is 2.19. The first-order chi connectivity index (χ1) is 26.4. The SMILES string of the molecule is CC(C)(C)c1ccc2ccc3c(-c4cccc(-c5ccc(-c6cc(-c7ccccc7)nc(-c7cccnc7)n6)cc5)c4)cc(-c4ccccc4)nc3c2n1. The van der Waals surface area contributed by atoms with Gasteiger partial charge in [0, 0.05) is 56.5 Å². The molecule has 4 aromatic heterocycles. The minimum atomic E-state index is -0.0839. The van der Waals surface area contributed by atoms with Crippen molar-refractivity contribution in [3.05, 3.63) is 176 Å². The minimum Gasteiger partial charge on any atom is -0.264 e. The van der Waals surface area contributed by atoms with E-state index in [0.29, 0.717) is 5.82 Å². The molecule has 5 aromatic carbocycles. The Labute approximate surface area is 315 Å². The highest BCUT2D eigenvalue weighted by atomic mass is 14.9. The summed E-state index contributed by atoms with van der Waals surface area (Å²) in [5.74, 6) is 0.647. The van der Waals surface area contributed by atoms with E-state index in [-0.39, 0.29) is 5.41 Å². The van der Waals surface area contributed by atoms with Crippen LogP contribution in [-0.2, 0) is 5.41 Å². The van der Waals surface area contributed by atoms with Gasteiger partial charge in [-0.25, -0.2) is 19.9 Å². The maximum Gasteiger partial charge on any atom is 0.161 e. The van der Waals surface area contributed by atoms with Gasteiger partial charge >= 0.3 is 0 Å². The zero-order valence-electron chi connectivity index (χ0n) is 30.4. The molecule has 0 aliphatic rings. The number of pyridine rings is 3. The summed E-state index contributed by atoms with van der Waals surface area (Å²) in [4.78, 5) is 24.7. The van der Waals surface area contributed by atoms with E-state index in [0.717, 1.165) is 89.1 Å². The van der Waals surface area contributed by atoms with Gasteiger partial charge in [-0.3, -0.25) is 4.98 Å². The molecule has 0 unspecified atom stereocenters. The lowest BCUT2D eigenvalue weighted by Crippen LogP contribution is -2.13. The average molecular weight is 696 g/mol. The largest absolute Gasteiger partial charge is 0.264 e. The summed E-state index contributed by atoms with van der Waals surface area (Å²) in [6.07, 6.45) is 3.57. The van der Waals surface area contributed by atoms with Gasteiger partial charge in [-0.2, -0.15) is 0 Å². The second-order valence-electron chi connectivity index (χ2n) is 14.6. The molecular weight excluding hydrogens is 659 g/mol. The van der Waals surface area contributed by atoms with Crippen LogP contribution < -0.4 is 0 Å². The number of hydrogen-bond donors (Lipinski definition) is 0. The summed E-state index contributed by atoms with van der Waals surface area (Å²) in [7, 11) is 0. The van der Waals surface area contributed by atoms with Gasteiger partial charge in [-0.05, 0) is 58.7 Å². The molecule has 0 amide bonds. The Morgan fingerprint density at radius 1 is 0.407 bits per heavy atom. The molecule has 0 bridgehead atoms. The monoisotopic (exact) mass is 695 g/mol. The predicted molar refractivity (Wildman–Crippen MR) is 222 cm³/mol. The van der Waals surface area contributed by atoms with Crippen LogP contribution in [-0.4, -0.2) is 24.9 Å². The molecule has 54 heavy (non-hydrogen) atoms. The van der Waals surface area contributed by atoms with Gasteiger partial charge in [0.05, 0.1) is 28.1 Å². The van der Waals surface area contributed by atoms with E-state index >= 15 is 0 Å². The first-order valence-corrected chi connectivity index (χ1v) is 18.2. The molecule has 9 aromatic rings.